The normalized spacial score (nSPS) is 26.7. The van der Waals surface area contributed by atoms with Gasteiger partial charge in [0.25, 0.3) is 0 Å². The Kier molecular flexibility index (Phi) is 4.09. The molecule has 2 fully saturated rings. The summed E-state index contributed by atoms with van der Waals surface area (Å²) in [6.07, 6.45) is 5.97. The summed E-state index contributed by atoms with van der Waals surface area (Å²) in [5.74, 6) is 0. The second-order valence-corrected chi connectivity index (χ2v) is 7.20. The van der Waals surface area contributed by atoms with Crippen molar-refractivity contribution in [1.29, 1.82) is 0 Å². The van der Waals surface area contributed by atoms with Crippen molar-refractivity contribution in [1.82, 2.24) is 10.2 Å². The molecule has 1 saturated heterocycles. The number of amides is 1. The van der Waals surface area contributed by atoms with Crippen molar-refractivity contribution in [2.75, 3.05) is 20.1 Å². The number of hydrogen-bond acceptors (Lipinski definition) is 3. The molecule has 110 valence electrons. The summed E-state index contributed by atoms with van der Waals surface area (Å²) in [4.78, 5) is 13.9. The largest absolute Gasteiger partial charge is 0.444 e. The standard InChI is InChI=1S/C15H28N2O2/c1-14(2,3)19-13(18)17-9-7-15(8-10-17)6-5-12(11-15)16-4/h12,16H,5-11H2,1-4H3. The third-order valence-corrected chi connectivity index (χ3v) is 4.59. The van der Waals surface area contributed by atoms with Crippen molar-refractivity contribution in [3.05, 3.63) is 0 Å². The molecule has 4 heteroatoms. The Bertz CT molecular complexity index is 328. The van der Waals surface area contributed by atoms with Gasteiger partial charge >= 0.3 is 6.09 Å². The zero-order valence-electron chi connectivity index (χ0n) is 12.8. The molecule has 19 heavy (non-hydrogen) atoms. The van der Waals surface area contributed by atoms with Gasteiger partial charge in [0.05, 0.1) is 0 Å². The Labute approximate surface area is 116 Å². The molecule has 1 atom stereocenters. The molecule has 0 aromatic carbocycles. The topological polar surface area (TPSA) is 41.6 Å². The minimum Gasteiger partial charge on any atom is -0.444 e. The fourth-order valence-electron chi connectivity index (χ4n) is 3.40. The zero-order chi connectivity index (χ0) is 14.1. The molecule has 0 aromatic heterocycles. The van der Waals surface area contributed by atoms with Crippen LogP contribution >= 0.6 is 0 Å². The fraction of sp³-hybridized carbons (Fsp3) is 0.933. The quantitative estimate of drug-likeness (QED) is 0.795. The van der Waals surface area contributed by atoms with E-state index < -0.39 is 5.60 Å². The Hall–Kier alpha value is -0.770. The van der Waals surface area contributed by atoms with Gasteiger partial charge in [-0.1, -0.05) is 0 Å². The monoisotopic (exact) mass is 268 g/mol. The molecule has 1 unspecified atom stereocenters. The summed E-state index contributed by atoms with van der Waals surface area (Å²) in [6, 6.07) is 0.674. The van der Waals surface area contributed by atoms with Crippen LogP contribution in [0.4, 0.5) is 4.79 Å². The Balaban J connectivity index is 1.84. The van der Waals surface area contributed by atoms with Gasteiger partial charge in [0.1, 0.15) is 5.60 Å². The SMILES string of the molecule is CNC1CCC2(CCN(C(=O)OC(C)(C)C)CC2)C1. The smallest absolute Gasteiger partial charge is 0.410 e. The summed E-state index contributed by atoms with van der Waals surface area (Å²) in [7, 11) is 2.06. The van der Waals surface area contributed by atoms with Crippen LogP contribution in [0.2, 0.25) is 0 Å². The number of hydrogen-bond donors (Lipinski definition) is 1. The first-order valence-corrected chi connectivity index (χ1v) is 7.49. The minimum atomic E-state index is -0.392. The van der Waals surface area contributed by atoms with Crippen molar-refractivity contribution < 1.29 is 9.53 Å². The molecule has 4 nitrogen and oxygen atoms in total. The maximum Gasteiger partial charge on any atom is 0.410 e. The van der Waals surface area contributed by atoms with Crippen LogP contribution in [-0.4, -0.2) is 42.8 Å². The Morgan fingerprint density at radius 1 is 1.26 bits per heavy atom. The van der Waals surface area contributed by atoms with E-state index in [-0.39, 0.29) is 6.09 Å². The van der Waals surface area contributed by atoms with Gasteiger partial charge in [0.2, 0.25) is 0 Å². The second-order valence-electron chi connectivity index (χ2n) is 7.20. The van der Waals surface area contributed by atoms with Gasteiger partial charge in [-0.3, -0.25) is 0 Å². The zero-order valence-corrected chi connectivity index (χ0v) is 12.8. The molecule has 2 aliphatic rings. The molecule has 1 heterocycles. The van der Waals surface area contributed by atoms with E-state index in [0.29, 0.717) is 11.5 Å². The predicted molar refractivity (Wildman–Crippen MR) is 76.2 cm³/mol. The van der Waals surface area contributed by atoms with Crippen molar-refractivity contribution >= 4 is 6.09 Å². The van der Waals surface area contributed by atoms with E-state index >= 15 is 0 Å². The number of carbonyl (C=O) groups is 1. The summed E-state index contributed by atoms with van der Waals surface area (Å²) < 4.78 is 5.45. The van der Waals surface area contributed by atoms with Gasteiger partial charge in [-0.2, -0.15) is 0 Å². The highest BCUT2D eigenvalue weighted by Gasteiger charge is 2.42. The van der Waals surface area contributed by atoms with Crippen LogP contribution in [0.15, 0.2) is 0 Å². The lowest BCUT2D eigenvalue weighted by molar-refractivity contribution is 0.0105. The molecular formula is C15H28N2O2. The molecule has 1 spiro atoms. The fourth-order valence-corrected chi connectivity index (χ4v) is 3.40. The first-order valence-electron chi connectivity index (χ1n) is 7.49. The van der Waals surface area contributed by atoms with Gasteiger partial charge in [-0.15, -0.1) is 0 Å². The van der Waals surface area contributed by atoms with Gasteiger partial charge in [0, 0.05) is 19.1 Å². The molecule has 0 aromatic rings. The highest BCUT2D eigenvalue weighted by Crippen LogP contribution is 2.46. The average Bonchev–Trinajstić information content (AvgIpc) is 2.71. The van der Waals surface area contributed by atoms with E-state index in [9.17, 15) is 4.79 Å². The minimum absolute atomic E-state index is 0.148. The molecular weight excluding hydrogens is 240 g/mol. The molecule has 2 rings (SSSR count). The van der Waals surface area contributed by atoms with E-state index in [2.05, 4.69) is 12.4 Å². The van der Waals surface area contributed by atoms with Gasteiger partial charge in [-0.05, 0) is 65.3 Å². The van der Waals surface area contributed by atoms with Crippen LogP contribution in [0.5, 0.6) is 0 Å². The van der Waals surface area contributed by atoms with Crippen molar-refractivity contribution in [3.8, 4) is 0 Å². The number of nitrogens with zero attached hydrogens (tertiary/aromatic N) is 1. The van der Waals surface area contributed by atoms with Gasteiger partial charge in [-0.25, -0.2) is 4.79 Å². The van der Waals surface area contributed by atoms with E-state index in [1.165, 1.54) is 19.3 Å². The Morgan fingerprint density at radius 3 is 2.37 bits per heavy atom. The molecule has 1 N–H and O–H groups in total. The number of nitrogens with one attached hydrogen (secondary N) is 1. The van der Waals surface area contributed by atoms with Gasteiger partial charge < -0.3 is 15.0 Å². The molecule has 1 saturated carbocycles. The maximum absolute atomic E-state index is 12.0. The van der Waals surface area contributed by atoms with E-state index in [0.717, 1.165) is 25.9 Å². The average molecular weight is 268 g/mol. The lowest BCUT2D eigenvalue weighted by Crippen LogP contribution is -2.44. The summed E-state index contributed by atoms with van der Waals surface area (Å²) >= 11 is 0. The summed E-state index contributed by atoms with van der Waals surface area (Å²) in [5.41, 5.74) is 0.0863. The second kappa shape index (κ2) is 5.31. The highest BCUT2D eigenvalue weighted by atomic mass is 16.6. The highest BCUT2D eigenvalue weighted by molar-refractivity contribution is 5.68. The lowest BCUT2D eigenvalue weighted by atomic mass is 9.77. The van der Waals surface area contributed by atoms with Crippen molar-refractivity contribution in [2.24, 2.45) is 5.41 Å². The van der Waals surface area contributed by atoms with Crippen LogP contribution < -0.4 is 5.32 Å². The molecule has 1 amide bonds. The first kappa shape index (κ1) is 14.6. The maximum atomic E-state index is 12.0. The van der Waals surface area contributed by atoms with Crippen LogP contribution in [0.1, 0.15) is 52.9 Å². The third-order valence-electron chi connectivity index (χ3n) is 4.59. The predicted octanol–water partition coefficient (Wildman–Crippen LogP) is 2.78. The number of likely N-dealkylation sites (tertiary alicyclic amines) is 1. The van der Waals surface area contributed by atoms with Crippen molar-refractivity contribution in [3.63, 3.8) is 0 Å². The molecule has 1 aliphatic heterocycles. The van der Waals surface area contributed by atoms with E-state index in [1.807, 2.05) is 25.7 Å². The number of piperidine rings is 1. The van der Waals surface area contributed by atoms with E-state index in [4.69, 9.17) is 4.74 Å². The van der Waals surface area contributed by atoms with Crippen LogP contribution in [0, 0.1) is 5.41 Å². The van der Waals surface area contributed by atoms with Crippen LogP contribution in [-0.2, 0) is 4.74 Å². The number of rotatable bonds is 1. The Morgan fingerprint density at radius 2 is 1.89 bits per heavy atom. The first-order chi connectivity index (χ1) is 8.84. The van der Waals surface area contributed by atoms with Crippen molar-refractivity contribution in [2.45, 2.75) is 64.5 Å². The van der Waals surface area contributed by atoms with Crippen LogP contribution in [0.25, 0.3) is 0 Å². The third kappa shape index (κ3) is 3.62. The molecule has 1 aliphatic carbocycles. The number of carbonyl (C=O) groups excluding carboxylic acids is 1. The van der Waals surface area contributed by atoms with E-state index in [1.54, 1.807) is 0 Å². The number of ether oxygens (including phenoxy) is 1. The van der Waals surface area contributed by atoms with Gasteiger partial charge in [0.15, 0.2) is 0 Å². The molecule has 0 bridgehead atoms. The summed E-state index contributed by atoms with van der Waals surface area (Å²) in [6.45, 7) is 7.47. The van der Waals surface area contributed by atoms with Crippen LogP contribution in [0.3, 0.4) is 0 Å². The molecule has 0 radical (unpaired) electrons. The lowest BCUT2D eigenvalue weighted by Gasteiger charge is -2.39. The summed E-state index contributed by atoms with van der Waals surface area (Å²) in [5, 5.41) is 3.40.